The van der Waals surface area contributed by atoms with E-state index in [-0.39, 0.29) is 0 Å². The SMILES string of the molecule is CCOC1CC(Nc2nc(NC)nc(N(CC)CC)n2)C1. The van der Waals surface area contributed by atoms with Gasteiger partial charge in [-0.25, -0.2) is 0 Å². The first-order chi connectivity index (χ1) is 10.2. The number of ether oxygens (including phenoxy) is 1. The van der Waals surface area contributed by atoms with Crippen LogP contribution in [0.2, 0.25) is 0 Å². The van der Waals surface area contributed by atoms with E-state index >= 15 is 0 Å². The molecule has 0 unspecified atom stereocenters. The van der Waals surface area contributed by atoms with E-state index in [2.05, 4.69) is 44.3 Å². The number of hydrogen-bond acceptors (Lipinski definition) is 7. The van der Waals surface area contributed by atoms with Crippen molar-refractivity contribution in [1.82, 2.24) is 15.0 Å². The molecule has 1 fully saturated rings. The van der Waals surface area contributed by atoms with Crippen LogP contribution in [-0.2, 0) is 4.74 Å². The number of nitrogens with one attached hydrogen (secondary N) is 2. The van der Waals surface area contributed by atoms with Crippen molar-refractivity contribution in [2.24, 2.45) is 0 Å². The summed E-state index contributed by atoms with van der Waals surface area (Å²) < 4.78 is 5.57. The van der Waals surface area contributed by atoms with Crippen molar-refractivity contribution in [1.29, 1.82) is 0 Å². The van der Waals surface area contributed by atoms with E-state index in [0.29, 0.717) is 30.0 Å². The molecule has 0 atom stereocenters. The van der Waals surface area contributed by atoms with Crippen LogP contribution in [0, 0.1) is 0 Å². The van der Waals surface area contributed by atoms with E-state index in [1.807, 2.05) is 14.0 Å². The molecule has 1 aromatic heterocycles. The largest absolute Gasteiger partial charge is 0.378 e. The summed E-state index contributed by atoms with van der Waals surface area (Å²) in [6, 6.07) is 0.387. The van der Waals surface area contributed by atoms with Crippen LogP contribution in [0.5, 0.6) is 0 Å². The molecule has 2 N–H and O–H groups in total. The van der Waals surface area contributed by atoms with Crippen LogP contribution in [0.4, 0.5) is 17.8 Å². The van der Waals surface area contributed by atoms with Crippen LogP contribution < -0.4 is 15.5 Å². The van der Waals surface area contributed by atoms with Crippen LogP contribution in [0.1, 0.15) is 33.6 Å². The van der Waals surface area contributed by atoms with Gasteiger partial charge in [0.1, 0.15) is 0 Å². The molecule has 0 bridgehead atoms. The van der Waals surface area contributed by atoms with Gasteiger partial charge in [-0.1, -0.05) is 0 Å². The Morgan fingerprint density at radius 3 is 2.33 bits per heavy atom. The molecule has 0 aliphatic heterocycles. The maximum Gasteiger partial charge on any atom is 0.231 e. The third-order valence-electron chi connectivity index (χ3n) is 3.72. The molecule has 118 valence electrons. The fourth-order valence-corrected chi connectivity index (χ4v) is 2.43. The van der Waals surface area contributed by atoms with Crippen molar-refractivity contribution in [2.45, 2.75) is 45.8 Å². The Morgan fingerprint density at radius 2 is 1.76 bits per heavy atom. The van der Waals surface area contributed by atoms with E-state index < -0.39 is 0 Å². The van der Waals surface area contributed by atoms with Crippen molar-refractivity contribution in [3.05, 3.63) is 0 Å². The van der Waals surface area contributed by atoms with E-state index in [4.69, 9.17) is 4.74 Å². The molecule has 0 amide bonds. The molecule has 7 heteroatoms. The number of anilines is 3. The summed E-state index contributed by atoms with van der Waals surface area (Å²) in [4.78, 5) is 15.4. The minimum atomic E-state index is 0.375. The average Bonchev–Trinajstić information content (AvgIpc) is 2.46. The highest BCUT2D eigenvalue weighted by atomic mass is 16.5. The first kappa shape index (κ1) is 15.8. The topological polar surface area (TPSA) is 75.2 Å². The Balaban J connectivity index is 2.03. The standard InChI is InChI=1S/C14H26N6O/c1-5-20(6-2)14-18-12(15-4)17-13(19-14)16-10-8-11(9-10)21-7-3/h10-11H,5-9H2,1-4H3,(H2,15,16,17,18,19). The smallest absolute Gasteiger partial charge is 0.231 e. The zero-order chi connectivity index (χ0) is 15.2. The highest BCUT2D eigenvalue weighted by Gasteiger charge is 2.30. The highest BCUT2D eigenvalue weighted by molar-refractivity contribution is 5.44. The minimum Gasteiger partial charge on any atom is -0.378 e. The fourth-order valence-electron chi connectivity index (χ4n) is 2.43. The molecular formula is C14H26N6O. The second-order valence-electron chi connectivity index (χ2n) is 5.09. The van der Waals surface area contributed by atoms with E-state index in [1.54, 1.807) is 0 Å². The number of aromatic nitrogens is 3. The molecule has 1 saturated carbocycles. The summed E-state index contributed by atoms with van der Waals surface area (Å²) in [5, 5.41) is 6.37. The van der Waals surface area contributed by atoms with Crippen LogP contribution in [-0.4, -0.2) is 53.8 Å². The molecule has 0 spiro atoms. The van der Waals surface area contributed by atoms with Crippen LogP contribution in [0.3, 0.4) is 0 Å². The van der Waals surface area contributed by atoms with Gasteiger partial charge in [0, 0.05) is 32.8 Å². The van der Waals surface area contributed by atoms with Gasteiger partial charge in [-0.05, 0) is 33.6 Å². The van der Waals surface area contributed by atoms with E-state index in [1.165, 1.54) is 0 Å². The third-order valence-corrected chi connectivity index (χ3v) is 3.72. The maximum atomic E-state index is 5.57. The first-order valence-corrected chi connectivity index (χ1v) is 7.77. The van der Waals surface area contributed by atoms with Crippen molar-refractivity contribution >= 4 is 17.8 Å². The lowest BCUT2D eigenvalue weighted by molar-refractivity contribution is 0.00285. The van der Waals surface area contributed by atoms with Crippen molar-refractivity contribution in [3.63, 3.8) is 0 Å². The van der Waals surface area contributed by atoms with Gasteiger partial charge in [0.05, 0.1) is 6.10 Å². The average molecular weight is 294 g/mol. The highest BCUT2D eigenvalue weighted by Crippen LogP contribution is 2.26. The summed E-state index contributed by atoms with van der Waals surface area (Å²) in [6.45, 7) is 8.75. The van der Waals surface area contributed by atoms with Crippen molar-refractivity contribution in [2.75, 3.05) is 42.3 Å². The second-order valence-corrected chi connectivity index (χ2v) is 5.09. The number of rotatable bonds is 8. The molecule has 21 heavy (non-hydrogen) atoms. The lowest BCUT2D eigenvalue weighted by Crippen LogP contribution is -2.41. The lowest BCUT2D eigenvalue weighted by atomic mass is 9.89. The van der Waals surface area contributed by atoms with Crippen LogP contribution in [0.25, 0.3) is 0 Å². The molecule has 1 aromatic rings. The maximum absolute atomic E-state index is 5.57. The summed E-state index contributed by atoms with van der Waals surface area (Å²) in [5.41, 5.74) is 0. The molecule has 1 aliphatic carbocycles. The molecule has 0 aromatic carbocycles. The Kier molecular flexibility index (Phi) is 5.55. The Bertz CT molecular complexity index is 445. The Morgan fingerprint density at radius 1 is 1.10 bits per heavy atom. The monoisotopic (exact) mass is 294 g/mol. The first-order valence-electron chi connectivity index (χ1n) is 7.77. The van der Waals surface area contributed by atoms with E-state index in [0.717, 1.165) is 32.5 Å². The molecule has 0 saturated heterocycles. The zero-order valence-electron chi connectivity index (χ0n) is 13.4. The van der Waals surface area contributed by atoms with Gasteiger partial charge < -0.3 is 20.3 Å². The Hall–Kier alpha value is -1.63. The molecule has 0 radical (unpaired) electrons. The summed E-state index contributed by atoms with van der Waals surface area (Å²) in [5.74, 6) is 1.94. The number of nitrogens with zero attached hydrogens (tertiary/aromatic N) is 4. The Labute approximate surface area is 126 Å². The molecule has 1 aliphatic rings. The lowest BCUT2D eigenvalue weighted by Gasteiger charge is -2.35. The zero-order valence-corrected chi connectivity index (χ0v) is 13.4. The normalized spacial score (nSPS) is 20.8. The van der Waals surface area contributed by atoms with Gasteiger partial charge in [-0.3, -0.25) is 0 Å². The predicted molar refractivity (Wildman–Crippen MR) is 85.0 cm³/mol. The van der Waals surface area contributed by atoms with Crippen molar-refractivity contribution in [3.8, 4) is 0 Å². The minimum absolute atomic E-state index is 0.375. The summed E-state index contributed by atoms with van der Waals surface area (Å²) >= 11 is 0. The van der Waals surface area contributed by atoms with E-state index in [9.17, 15) is 0 Å². The molecule has 2 rings (SSSR count). The molecular weight excluding hydrogens is 268 g/mol. The fraction of sp³-hybridized carbons (Fsp3) is 0.786. The predicted octanol–water partition coefficient (Wildman–Crippen LogP) is 1.74. The van der Waals surface area contributed by atoms with Gasteiger partial charge in [-0.2, -0.15) is 15.0 Å². The van der Waals surface area contributed by atoms with Gasteiger partial charge in [-0.15, -0.1) is 0 Å². The second kappa shape index (κ2) is 7.40. The molecule has 1 heterocycles. The quantitative estimate of drug-likeness (QED) is 0.756. The summed E-state index contributed by atoms with van der Waals surface area (Å²) in [7, 11) is 1.82. The van der Waals surface area contributed by atoms with Gasteiger partial charge in [0.25, 0.3) is 0 Å². The van der Waals surface area contributed by atoms with Crippen molar-refractivity contribution < 1.29 is 4.74 Å². The van der Waals surface area contributed by atoms with Gasteiger partial charge in [0.2, 0.25) is 17.8 Å². The van der Waals surface area contributed by atoms with Gasteiger partial charge in [0.15, 0.2) is 0 Å². The van der Waals surface area contributed by atoms with Crippen LogP contribution in [0.15, 0.2) is 0 Å². The number of hydrogen-bond donors (Lipinski definition) is 2. The van der Waals surface area contributed by atoms with Crippen LogP contribution >= 0.6 is 0 Å². The molecule has 7 nitrogen and oxygen atoms in total. The third kappa shape index (κ3) is 3.93. The van der Waals surface area contributed by atoms with Gasteiger partial charge >= 0.3 is 0 Å². The summed E-state index contributed by atoms with van der Waals surface area (Å²) in [6.07, 6.45) is 2.39.